The highest BCUT2D eigenvalue weighted by Crippen LogP contribution is 2.29. The number of phenols is 1. The normalized spacial score (nSPS) is 11.4. The predicted molar refractivity (Wildman–Crippen MR) is 96.8 cm³/mol. The summed E-state index contributed by atoms with van der Waals surface area (Å²) in [7, 11) is 5.37. The number of nitrogens with zero attached hydrogens (tertiary/aromatic N) is 5. The Labute approximate surface area is 148 Å². The molecule has 0 spiro atoms. The fourth-order valence-corrected chi connectivity index (χ4v) is 2.44. The van der Waals surface area contributed by atoms with Crippen LogP contribution in [0.2, 0.25) is 0 Å². The molecule has 1 heterocycles. The van der Waals surface area contributed by atoms with Crippen molar-refractivity contribution >= 4 is 5.96 Å². The number of aromatic nitrogens is 3. The zero-order valence-corrected chi connectivity index (χ0v) is 15.2. The van der Waals surface area contributed by atoms with Crippen molar-refractivity contribution in [1.29, 1.82) is 0 Å². The fraction of sp³-hybridized carbons (Fsp3) is 0.471. The molecule has 0 aliphatic carbocycles. The van der Waals surface area contributed by atoms with Crippen LogP contribution in [0.25, 0.3) is 0 Å². The highest BCUT2D eigenvalue weighted by atomic mass is 16.5. The Morgan fingerprint density at radius 1 is 1.44 bits per heavy atom. The Balaban J connectivity index is 2.03. The molecule has 0 aliphatic heterocycles. The van der Waals surface area contributed by atoms with E-state index < -0.39 is 0 Å². The number of methoxy groups -OCH3 is 1. The highest BCUT2D eigenvalue weighted by molar-refractivity contribution is 5.79. The van der Waals surface area contributed by atoms with Gasteiger partial charge >= 0.3 is 0 Å². The van der Waals surface area contributed by atoms with Gasteiger partial charge in [0.2, 0.25) is 0 Å². The summed E-state index contributed by atoms with van der Waals surface area (Å²) in [4.78, 5) is 10.9. The molecule has 0 aliphatic rings. The minimum absolute atomic E-state index is 0.178. The van der Waals surface area contributed by atoms with E-state index in [9.17, 15) is 5.11 Å². The molecule has 0 amide bonds. The van der Waals surface area contributed by atoms with Crippen molar-refractivity contribution in [2.45, 2.75) is 19.9 Å². The number of hydrogen-bond donors (Lipinski definition) is 2. The summed E-state index contributed by atoms with van der Waals surface area (Å²) < 4.78 is 6.88. The number of para-hydroxylation sites is 1. The van der Waals surface area contributed by atoms with Crippen molar-refractivity contribution in [1.82, 2.24) is 25.0 Å². The van der Waals surface area contributed by atoms with Crippen LogP contribution in [-0.4, -0.2) is 58.0 Å². The minimum Gasteiger partial charge on any atom is -0.504 e. The van der Waals surface area contributed by atoms with Gasteiger partial charge in [0, 0.05) is 27.2 Å². The fourth-order valence-electron chi connectivity index (χ4n) is 2.44. The summed E-state index contributed by atoms with van der Waals surface area (Å²) in [5.74, 6) is 2.30. The average Bonchev–Trinajstić information content (AvgIpc) is 3.00. The molecule has 1 aromatic carbocycles. The lowest BCUT2D eigenvalue weighted by Crippen LogP contribution is -2.39. The number of rotatable bonds is 7. The molecule has 2 N–H and O–H groups in total. The molecule has 8 heteroatoms. The number of hydrogen-bond acceptors (Lipinski definition) is 5. The maximum atomic E-state index is 10.2. The Bertz CT molecular complexity index is 713. The lowest BCUT2D eigenvalue weighted by atomic mass is 10.1. The first kappa shape index (κ1) is 18.6. The summed E-state index contributed by atoms with van der Waals surface area (Å²) >= 11 is 0. The predicted octanol–water partition coefficient (Wildman–Crippen LogP) is 1.17. The molecule has 0 atom stereocenters. The Hall–Kier alpha value is -2.77. The molecule has 0 saturated carbocycles. The summed E-state index contributed by atoms with van der Waals surface area (Å²) in [5.41, 5.74) is 0.815. The molecule has 0 radical (unpaired) electrons. The van der Waals surface area contributed by atoms with Crippen LogP contribution >= 0.6 is 0 Å². The monoisotopic (exact) mass is 346 g/mol. The van der Waals surface area contributed by atoms with Crippen molar-refractivity contribution in [3.63, 3.8) is 0 Å². The van der Waals surface area contributed by atoms with Crippen LogP contribution in [0.5, 0.6) is 11.5 Å². The van der Waals surface area contributed by atoms with Gasteiger partial charge in [0.15, 0.2) is 17.5 Å². The minimum atomic E-state index is 0.178. The summed E-state index contributed by atoms with van der Waals surface area (Å²) in [6.07, 6.45) is 2.16. The molecule has 8 nitrogen and oxygen atoms in total. The Morgan fingerprint density at radius 3 is 2.88 bits per heavy atom. The quantitative estimate of drug-likeness (QED) is 0.578. The lowest BCUT2D eigenvalue weighted by Gasteiger charge is -2.21. The van der Waals surface area contributed by atoms with Crippen LogP contribution in [0.4, 0.5) is 0 Å². The first-order chi connectivity index (χ1) is 12.1. The third-order valence-electron chi connectivity index (χ3n) is 3.83. The van der Waals surface area contributed by atoms with E-state index in [-0.39, 0.29) is 5.75 Å². The second kappa shape index (κ2) is 8.91. The first-order valence-corrected chi connectivity index (χ1v) is 8.24. The molecule has 0 unspecified atom stereocenters. The zero-order valence-electron chi connectivity index (χ0n) is 15.2. The average molecular weight is 346 g/mol. The number of ether oxygens (including phenoxy) is 1. The smallest absolute Gasteiger partial charge is 0.194 e. The topological polar surface area (TPSA) is 87.8 Å². The molecule has 0 bridgehead atoms. The SMILES string of the molecule is CCNC(=NCCc1cccc(OC)c1O)N(C)Cc1ncnn1C. The van der Waals surface area contributed by atoms with Crippen molar-refractivity contribution in [3.8, 4) is 11.5 Å². The molecule has 2 aromatic rings. The lowest BCUT2D eigenvalue weighted by molar-refractivity contribution is 0.370. The van der Waals surface area contributed by atoms with E-state index in [1.807, 2.05) is 38.1 Å². The van der Waals surface area contributed by atoms with E-state index in [1.165, 1.54) is 0 Å². The zero-order chi connectivity index (χ0) is 18.2. The van der Waals surface area contributed by atoms with E-state index in [0.29, 0.717) is 25.3 Å². The van der Waals surface area contributed by atoms with Crippen LogP contribution in [0.1, 0.15) is 18.3 Å². The second-order valence-corrected chi connectivity index (χ2v) is 5.61. The third-order valence-corrected chi connectivity index (χ3v) is 3.83. The molecule has 25 heavy (non-hydrogen) atoms. The van der Waals surface area contributed by atoms with Gasteiger partial charge in [-0.3, -0.25) is 9.67 Å². The molecular weight excluding hydrogens is 320 g/mol. The second-order valence-electron chi connectivity index (χ2n) is 5.61. The number of aromatic hydroxyl groups is 1. The Morgan fingerprint density at radius 2 is 2.24 bits per heavy atom. The van der Waals surface area contributed by atoms with E-state index in [2.05, 4.69) is 20.4 Å². The Kier molecular flexibility index (Phi) is 6.62. The number of aryl methyl sites for hydroxylation is 1. The van der Waals surface area contributed by atoms with E-state index in [1.54, 1.807) is 24.2 Å². The van der Waals surface area contributed by atoms with Gasteiger partial charge in [-0.05, 0) is 25.0 Å². The van der Waals surface area contributed by atoms with Gasteiger partial charge in [-0.25, -0.2) is 4.98 Å². The largest absolute Gasteiger partial charge is 0.504 e. The van der Waals surface area contributed by atoms with Crippen molar-refractivity contribution in [3.05, 3.63) is 35.9 Å². The summed E-state index contributed by atoms with van der Waals surface area (Å²) in [6.45, 7) is 3.95. The van der Waals surface area contributed by atoms with Gasteiger partial charge in [0.05, 0.1) is 13.7 Å². The van der Waals surface area contributed by atoms with E-state index in [0.717, 1.165) is 23.9 Å². The van der Waals surface area contributed by atoms with Crippen LogP contribution in [0, 0.1) is 0 Å². The van der Waals surface area contributed by atoms with Crippen LogP contribution in [-0.2, 0) is 20.0 Å². The number of guanidine groups is 1. The number of benzene rings is 1. The maximum absolute atomic E-state index is 10.2. The molecule has 2 rings (SSSR count). The third kappa shape index (κ3) is 4.85. The van der Waals surface area contributed by atoms with Gasteiger partial charge in [-0.1, -0.05) is 12.1 Å². The molecule has 0 fully saturated rings. The van der Waals surface area contributed by atoms with Crippen molar-refractivity contribution < 1.29 is 9.84 Å². The summed E-state index contributed by atoms with van der Waals surface area (Å²) in [6, 6.07) is 5.48. The number of nitrogens with one attached hydrogen (secondary N) is 1. The first-order valence-electron chi connectivity index (χ1n) is 8.24. The van der Waals surface area contributed by atoms with Crippen LogP contribution in [0.3, 0.4) is 0 Å². The molecule has 1 aromatic heterocycles. The number of phenolic OH excluding ortho intramolecular Hbond substituents is 1. The van der Waals surface area contributed by atoms with Gasteiger partial charge in [0.1, 0.15) is 12.2 Å². The van der Waals surface area contributed by atoms with Crippen molar-refractivity contribution in [2.24, 2.45) is 12.0 Å². The standard InChI is InChI=1S/C17H26N6O2/c1-5-18-17(22(2)11-15-20-12-21-23(15)3)19-10-9-13-7-6-8-14(25-4)16(13)24/h6-8,12,24H,5,9-11H2,1-4H3,(H,18,19). The molecular formula is C17H26N6O2. The van der Waals surface area contributed by atoms with E-state index in [4.69, 9.17) is 4.74 Å². The number of aliphatic imine (C=N–C) groups is 1. The van der Waals surface area contributed by atoms with Gasteiger partial charge in [-0.15, -0.1) is 0 Å². The molecule has 0 saturated heterocycles. The van der Waals surface area contributed by atoms with E-state index >= 15 is 0 Å². The maximum Gasteiger partial charge on any atom is 0.194 e. The highest BCUT2D eigenvalue weighted by Gasteiger charge is 2.11. The molecule has 136 valence electrons. The van der Waals surface area contributed by atoms with Gasteiger partial charge < -0.3 is 20.1 Å². The van der Waals surface area contributed by atoms with Crippen LogP contribution < -0.4 is 10.1 Å². The summed E-state index contributed by atoms with van der Waals surface area (Å²) in [5, 5.41) is 17.5. The van der Waals surface area contributed by atoms with Crippen LogP contribution in [0.15, 0.2) is 29.5 Å². The van der Waals surface area contributed by atoms with Gasteiger partial charge in [-0.2, -0.15) is 5.10 Å². The van der Waals surface area contributed by atoms with Gasteiger partial charge in [0.25, 0.3) is 0 Å². The van der Waals surface area contributed by atoms with Crippen molar-refractivity contribution in [2.75, 3.05) is 27.2 Å².